The Morgan fingerprint density at radius 2 is 1.72 bits per heavy atom. The molecule has 0 bridgehead atoms. The maximum absolute atomic E-state index is 6.16. The highest BCUT2D eigenvalue weighted by Crippen LogP contribution is 2.33. The van der Waals surface area contributed by atoms with E-state index in [1.165, 1.54) is 0 Å². The molecule has 2 aromatic carbocycles. The van der Waals surface area contributed by atoms with Crippen LogP contribution in [0.15, 0.2) is 36.4 Å². The summed E-state index contributed by atoms with van der Waals surface area (Å²) in [5, 5.41) is 1.16. The Balaban J connectivity index is 2.30. The summed E-state index contributed by atoms with van der Waals surface area (Å²) in [6.45, 7) is 0. The number of nitrogen functional groups attached to an aromatic ring is 1. The van der Waals surface area contributed by atoms with E-state index >= 15 is 0 Å². The fourth-order valence-electron chi connectivity index (χ4n) is 1.91. The molecule has 0 aliphatic rings. The van der Waals surface area contributed by atoms with Gasteiger partial charge in [-0.3, -0.25) is 0 Å². The van der Waals surface area contributed by atoms with Crippen molar-refractivity contribution < 1.29 is 0 Å². The van der Waals surface area contributed by atoms with Crippen LogP contribution in [0.4, 0.5) is 5.69 Å². The molecule has 0 aliphatic heterocycles. The minimum atomic E-state index is 0.560. The van der Waals surface area contributed by atoms with Crippen LogP contribution in [0.2, 0.25) is 10.0 Å². The lowest BCUT2D eigenvalue weighted by Gasteiger charge is -2.03. The summed E-state index contributed by atoms with van der Waals surface area (Å²) in [4.78, 5) is 7.63. The number of hydrogen-bond donors (Lipinski definition) is 2. The Morgan fingerprint density at radius 3 is 2.44 bits per heavy atom. The van der Waals surface area contributed by atoms with Crippen molar-refractivity contribution in [3.8, 4) is 11.4 Å². The smallest absolute Gasteiger partial charge is 0.142 e. The van der Waals surface area contributed by atoms with Crippen LogP contribution in [0.5, 0.6) is 0 Å². The van der Waals surface area contributed by atoms with Crippen molar-refractivity contribution in [2.45, 2.75) is 0 Å². The first-order valence-corrected chi connectivity index (χ1v) is 6.11. The molecule has 0 unspecified atom stereocenters. The maximum Gasteiger partial charge on any atom is 0.142 e. The topological polar surface area (TPSA) is 54.7 Å². The number of rotatable bonds is 1. The van der Waals surface area contributed by atoms with Gasteiger partial charge in [-0.15, -0.1) is 0 Å². The minimum absolute atomic E-state index is 0.560. The molecule has 3 rings (SSSR count). The highest BCUT2D eigenvalue weighted by Gasteiger charge is 2.13. The fraction of sp³-hybridized carbons (Fsp3) is 0. The molecule has 0 radical (unpaired) electrons. The van der Waals surface area contributed by atoms with E-state index in [1.54, 1.807) is 24.3 Å². The van der Waals surface area contributed by atoms with Gasteiger partial charge in [0.1, 0.15) is 11.3 Å². The van der Waals surface area contributed by atoms with Crippen molar-refractivity contribution in [1.29, 1.82) is 0 Å². The van der Waals surface area contributed by atoms with Gasteiger partial charge in [0.05, 0.1) is 21.1 Å². The first-order chi connectivity index (χ1) is 8.66. The normalized spacial score (nSPS) is 11.0. The van der Waals surface area contributed by atoms with Gasteiger partial charge in [0.2, 0.25) is 0 Å². The zero-order valence-electron chi connectivity index (χ0n) is 9.24. The molecule has 3 aromatic rings. The number of nitrogens with two attached hydrogens (primary N) is 1. The number of imidazole rings is 1. The van der Waals surface area contributed by atoms with Crippen LogP contribution in [0, 0.1) is 0 Å². The quantitative estimate of drug-likeness (QED) is 0.658. The van der Waals surface area contributed by atoms with Crippen LogP contribution in [-0.2, 0) is 0 Å². The summed E-state index contributed by atoms with van der Waals surface area (Å²) in [6.07, 6.45) is 0. The largest absolute Gasteiger partial charge is 0.398 e. The number of aromatic amines is 1. The molecule has 0 spiro atoms. The number of halogens is 2. The van der Waals surface area contributed by atoms with Gasteiger partial charge >= 0.3 is 0 Å². The highest BCUT2D eigenvalue weighted by molar-refractivity contribution is 6.35. The van der Waals surface area contributed by atoms with Crippen LogP contribution < -0.4 is 5.73 Å². The Hall–Kier alpha value is -1.71. The van der Waals surface area contributed by atoms with E-state index in [0.717, 1.165) is 5.52 Å². The molecule has 0 atom stereocenters. The summed E-state index contributed by atoms with van der Waals surface area (Å²) in [5.74, 6) is 0.626. The number of anilines is 1. The minimum Gasteiger partial charge on any atom is -0.398 e. The number of hydrogen-bond acceptors (Lipinski definition) is 2. The molecular weight excluding hydrogens is 269 g/mol. The molecule has 1 aromatic heterocycles. The second-order valence-electron chi connectivity index (χ2n) is 3.93. The third kappa shape index (κ3) is 1.72. The average Bonchev–Trinajstić information content (AvgIpc) is 2.74. The van der Waals surface area contributed by atoms with Gasteiger partial charge in [-0.05, 0) is 24.3 Å². The van der Waals surface area contributed by atoms with Crippen molar-refractivity contribution in [2.24, 2.45) is 0 Å². The second kappa shape index (κ2) is 4.19. The third-order valence-corrected chi connectivity index (χ3v) is 3.37. The number of benzene rings is 2. The molecule has 3 nitrogen and oxygen atoms in total. The molecule has 0 saturated heterocycles. The number of fused-ring (bicyclic) bond motifs is 1. The molecule has 3 N–H and O–H groups in total. The van der Waals surface area contributed by atoms with Crippen LogP contribution in [0.1, 0.15) is 0 Å². The predicted molar refractivity (Wildman–Crippen MR) is 76.0 cm³/mol. The standard InChI is InChI=1S/C13H9Cl2N3/c14-7-3-1-5-9(16)11(7)13-17-10-6-2-4-8(15)12(10)18-13/h1-6H,16H2,(H,17,18). The summed E-state index contributed by atoms with van der Waals surface area (Å²) < 4.78 is 0. The summed E-state index contributed by atoms with van der Waals surface area (Å²) in [7, 11) is 0. The van der Waals surface area contributed by atoms with Gasteiger partial charge in [-0.1, -0.05) is 35.3 Å². The molecule has 0 aliphatic carbocycles. The molecule has 5 heteroatoms. The molecule has 0 saturated carbocycles. The maximum atomic E-state index is 6.16. The molecule has 1 heterocycles. The number of aromatic nitrogens is 2. The van der Waals surface area contributed by atoms with E-state index in [4.69, 9.17) is 28.9 Å². The van der Waals surface area contributed by atoms with E-state index in [-0.39, 0.29) is 0 Å². The number of para-hydroxylation sites is 1. The van der Waals surface area contributed by atoms with Crippen LogP contribution in [0.3, 0.4) is 0 Å². The molecule has 90 valence electrons. The Bertz CT molecular complexity index is 714. The van der Waals surface area contributed by atoms with Crippen molar-refractivity contribution >= 4 is 39.9 Å². The zero-order valence-corrected chi connectivity index (χ0v) is 10.8. The molecule has 18 heavy (non-hydrogen) atoms. The third-order valence-electron chi connectivity index (χ3n) is 2.75. The lowest BCUT2D eigenvalue weighted by atomic mass is 10.2. The second-order valence-corrected chi connectivity index (χ2v) is 4.74. The van der Waals surface area contributed by atoms with Crippen molar-refractivity contribution in [3.63, 3.8) is 0 Å². The van der Waals surface area contributed by atoms with E-state index < -0.39 is 0 Å². The van der Waals surface area contributed by atoms with Crippen molar-refractivity contribution in [1.82, 2.24) is 9.97 Å². The lowest BCUT2D eigenvalue weighted by Crippen LogP contribution is -1.91. The van der Waals surface area contributed by atoms with Crippen LogP contribution in [-0.4, -0.2) is 9.97 Å². The van der Waals surface area contributed by atoms with Gasteiger partial charge in [0.15, 0.2) is 0 Å². The van der Waals surface area contributed by atoms with E-state index in [2.05, 4.69) is 9.97 Å². The molecular formula is C13H9Cl2N3. The SMILES string of the molecule is Nc1cccc(Cl)c1-c1nc2c(Cl)cccc2[nH]1. The van der Waals surface area contributed by atoms with Crippen molar-refractivity contribution in [3.05, 3.63) is 46.4 Å². The van der Waals surface area contributed by atoms with Crippen molar-refractivity contribution in [2.75, 3.05) is 5.73 Å². The molecule has 0 fully saturated rings. The predicted octanol–water partition coefficient (Wildman–Crippen LogP) is 4.12. The summed E-state index contributed by atoms with van der Waals surface area (Å²) in [6, 6.07) is 10.9. The van der Waals surface area contributed by atoms with Gasteiger partial charge in [0.25, 0.3) is 0 Å². The Morgan fingerprint density at radius 1 is 1.00 bits per heavy atom. The first-order valence-electron chi connectivity index (χ1n) is 5.35. The first kappa shape index (κ1) is 11.4. The number of nitrogens with one attached hydrogen (secondary N) is 1. The monoisotopic (exact) mass is 277 g/mol. The van der Waals surface area contributed by atoms with Crippen LogP contribution >= 0.6 is 23.2 Å². The van der Waals surface area contributed by atoms with Gasteiger partial charge in [-0.25, -0.2) is 4.98 Å². The summed E-state index contributed by atoms with van der Waals surface area (Å²) >= 11 is 12.2. The van der Waals surface area contributed by atoms with E-state index in [9.17, 15) is 0 Å². The number of H-pyrrole nitrogens is 1. The average molecular weight is 278 g/mol. The van der Waals surface area contributed by atoms with Gasteiger partial charge in [-0.2, -0.15) is 0 Å². The lowest BCUT2D eigenvalue weighted by molar-refractivity contribution is 1.34. The van der Waals surface area contributed by atoms with E-state index in [0.29, 0.717) is 32.6 Å². The fourth-order valence-corrected chi connectivity index (χ4v) is 2.39. The summed E-state index contributed by atoms with van der Waals surface area (Å²) in [5.41, 5.74) is 8.79. The van der Waals surface area contributed by atoms with E-state index in [1.807, 2.05) is 12.1 Å². The highest BCUT2D eigenvalue weighted by atomic mass is 35.5. The Labute approximate surface area is 114 Å². The van der Waals surface area contributed by atoms with Gasteiger partial charge < -0.3 is 10.7 Å². The molecule has 0 amide bonds. The van der Waals surface area contributed by atoms with Crippen LogP contribution in [0.25, 0.3) is 22.4 Å². The van der Waals surface area contributed by atoms with Gasteiger partial charge in [0, 0.05) is 5.69 Å². The Kier molecular flexibility index (Phi) is 2.65. The number of nitrogens with zero attached hydrogens (tertiary/aromatic N) is 1. The zero-order chi connectivity index (χ0) is 12.7.